The Hall–Kier alpha value is -3.06. The topological polar surface area (TPSA) is 80.7 Å². The lowest BCUT2D eigenvalue weighted by atomic mass is 10.1. The lowest BCUT2D eigenvalue weighted by Crippen LogP contribution is -2.28. The lowest BCUT2D eigenvalue weighted by molar-refractivity contribution is -0.150. The van der Waals surface area contributed by atoms with Gasteiger partial charge in [0.05, 0.1) is 23.5 Å². The van der Waals surface area contributed by atoms with E-state index in [2.05, 4.69) is 31.4 Å². The molecule has 0 amide bonds. The summed E-state index contributed by atoms with van der Waals surface area (Å²) in [6.07, 6.45) is 0. The van der Waals surface area contributed by atoms with Gasteiger partial charge in [-0.05, 0) is 43.3 Å². The van der Waals surface area contributed by atoms with Crippen LogP contribution in [0.4, 0.5) is 5.69 Å². The highest BCUT2D eigenvalue weighted by molar-refractivity contribution is 9.10. The number of hydrazone groups is 1. The van der Waals surface area contributed by atoms with E-state index < -0.39 is 11.8 Å². The zero-order valence-electron chi connectivity index (χ0n) is 14.5. The molecule has 136 valence electrons. The van der Waals surface area contributed by atoms with E-state index >= 15 is 0 Å². The third-order valence-electron chi connectivity index (χ3n) is 3.66. The maximum absolute atomic E-state index is 12.6. The minimum Gasteiger partial charge on any atom is -0.460 e. The largest absolute Gasteiger partial charge is 0.460 e. The highest BCUT2D eigenvalue weighted by Gasteiger charge is 2.25. The van der Waals surface area contributed by atoms with Gasteiger partial charge in [-0.15, -0.1) is 0 Å². The molecule has 0 aliphatic heterocycles. The molecule has 0 saturated heterocycles. The standard InChI is InChI=1S/C20H16BrN3O3/c1-2-27-20(26)19(25)18(24-23-15-10-8-14(21)9-11-15)17-12-7-13-5-3-4-6-16(13)22-17/h3-12,23H,2H2,1H3/b24-18+. The van der Waals surface area contributed by atoms with E-state index in [1.165, 1.54) is 0 Å². The predicted octanol–water partition coefficient (Wildman–Crippen LogP) is 3.95. The third kappa shape index (κ3) is 4.57. The van der Waals surface area contributed by atoms with Crippen LogP contribution < -0.4 is 5.43 Å². The van der Waals surface area contributed by atoms with Crippen LogP contribution >= 0.6 is 15.9 Å². The number of hydrogen-bond acceptors (Lipinski definition) is 6. The number of para-hydroxylation sites is 1. The van der Waals surface area contributed by atoms with Gasteiger partial charge in [-0.1, -0.05) is 40.2 Å². The molecule has 27 heavy (non-hydrogen) atoms. The van der Waals surface area contributed by atoms with Crippen LogP contribution in [-0.4, -0.2) is 29.1 Å². The van der Waals surface area contributed by atoms with Crippen molar-refractivity contribution >= 4 is 50.0 Å². The molecule has 1 heterocycles. The number of carbonyl (C=O) groups is 2. The molecular formula is C20H16BrN3O3. The number of nitrogens with zero attached hydrogens (tertiary/aromatic N) is 2. The Balaban J connectivity index is 1.99. The number of aromatic nitrogens is 1. The maximum Gasteiger partial charge on any atom is 0.381 e. The van der Waals surface area contributed by atoms with E-state index in [0.717, 1.165) is 9.86 Å². The van der Waals surface area contributed by atoms with Crippen molar-refractivity contribution in [3.8, 4) is 0 Å². The summed E-state index contributed by atoms with van der Waals surface area (Å²) in [5.41, 5.74) is 4.33. The number of nitrogens with one attached hydrogen (secondary N) is 1. The first-order valence-corrected chi connectivity index (χ1v) is 9.04. The van der Waals surface area contributed by atoms with E-state index in [9.17, 15) is 9.59 Å². The van der Waals surface area contributed by atoms with Crippen molar-refractivity contribution in [1.82, 2.24) is 4.98 Å². The van der Waals surface area contributed by atoms with Gasteiger partial charge in [0.2, 0.25) is 0 Å². The van der Waals surface area contributed by atoms with E-state index in [-0.39, 0.29) is 18.0 Å². The summed E-state index contributed by atoms with van der Waals surface area (Å²) in [6, 6.07) is 18.2. The second-order valence-electron chi connectivity index (χ2n) is 5.52. The van der Waals surface area contributed by atoms with Gasteiger partial charge in [-0.3, -0.25) is 10.2 Å². The fourth-order valence-corrected chi connectivity index (χ4v) is 2.62. The smallest absolute Gasteiger partial charge is 0.381 e. The summed E-state index contributed by atoms with van der Waals surface area (Å²) in [5.74, 6) is -1.83. The molecule has 0 spiro atoms. The number of anilines is 1. The second-order valence-corrected chi connectivity index (χ2v) is 6.43. The van der Waals surface area contributed by atoms with Gasteiger partial charge in [-0.25, -0.2) is 9.78 Å². The number of ether oxygens (including phenoxy) is 1. The molecule has 6 nitrogen and oxygen atoms in total. The number of hydrogen-bond donors (Lipinski definition) is 1. The summed E-state index contributed by atoms with van der Waals surface area (Å²) in [5, 5.41) is 5.06. The van der Waals surface area contributed by atoms with Gasteiger partial charge in [0.25, 0.3) is 5.78 Å². The maximum atomic E-state index is 12.6. The highest BCUT2D eigenvalue weighted by Crippen LogP contribution is 2.16. The zero-order chi connectivity index (χ0) is 19.2. The van der Waals surface area contributed by atoms with Crippen molar-refractivity contribution in [2.75, 3.05) is 12.0 Å². The van der Waals surface area contributed by atoms with Crippen LogP contribution in [0.5, 0.6) is 0 Å². The van der Waals surface area contributed by atoms with Crippen LogP contribution in [0.15, 0.2) is 70.2 Å². The van der Waals surface area contributed by atoms with Gasteiger partial charge in [-0.2, -0.15) is 5.10 Å². The number of fused-ring (bicyclic) bond motifs is 1. The average Bonchev–Trinajstić information content (AvgIpc) is 2.69. The molecule has 0 radical (unpaired) electrons. The highest BCUT2D eigenvalue weighted by atomic mass is 79.9. The van der Waals surface area contributed by atoms with E-state index in [1.807, 2.05) is 42.5 Å². The number of carbonyl (C=O) groups excluding carboxylic acids is 2. The minimum atomic E-state index is -0.969. The Labute approximate surface area is 164 Å². The van der Waals surface area contributed by atoms with Crippen molar-refractivity contribution in [3.05, 3.63) is 70.8 Å². The Kier molecular flexibility index (Phi) is 5.93. The van der Waals surface area contributed by atoms with E-state index in [1.54, 1.807) is 25.1 Å². The first-order chi connectivity index (χ1) is 13.1. The number of halogens is 1. The van der Waals surface area contributed by atoms with Gasteiger partial charge < -0.3 is 4.74 Å². The normalized spacial score (nSPS) is 11.3. The minimum absolute atomic E-state index is 0.100. The number of pyridine rings is 1. The van der Waals surface area contributed by atoms with Crippen molar-refractivity contribution in [2.24, 2.45) is 5.10 Å². The quantitative estimate of drug-likeness (QED) is 0.280. The Bertz CT molecular complexity index is 1020. The van der Waals surface area contributed by atoms with Crippen LogP contribution in [0, 0.1) is 0 Å². The fraction of sp³-hybridized carbons (Fsp3) is 0.100. The molecule has 1 aromatic heterocycles. The molecule has 0 aliphatic carbocycles. The number of Topliss-reactive ketones (excluding diaryl/α,β-unsaturated/α-hetero) is 1. The first kappa shape index (κ1) is 18.7. The second kappa shape index (κ2) is 8.55. The van der Waals surface area contributed by atoms with E-state index in [0.29, 0.717) is 11.2 Å². The number of esters is 1. The van der Waals surface area contributed by atoms with Crippen LogP contribution in [0.2, 0.25) is 0 Å². The molecule has 0 saturated carbocycles. The number of ketones is 1. The summed E-state index contributed by atoms with van der Waals surface area (Å²) in [7, 11) is 0. The molecule has 3 rings (SSSR count). The van der Waals surface area contributed by atoms with Crippen LogP contribution in [0.3, 0.4) is 0 Å². The van der Waals surface area contributed by atoms with Crippen LogP contribution in [-0.2, 0) is 14.3 Å². The summed E-state index contributed by atoms with van der Waals surface area (Å²) < 4.78 is 5.74. The van der Waals surface area contributed by atoms with Gasteiger partial charge in [0, 0.05) is 9.86 Å². The molecule has 0 atom stereocenters. The van der Waals surface area contributed by atoms with Gasteiger partial charge in [0.1, 0.15) is 0 Å². The molecule has 3 aromatic rings. The van der Waals surface area contributed by atoms with Crippen molar-refractivity contribution in [3.63, 3.8) is 0 Å². The summed E-state index contributed by atoms with van der Waals surface area (Å²) in [4.78, 5) is 29.0. The molecule has 0 aliphatic rings. The SMILES string of the molecule is CCOC(=O)C(=O)/C(=N/Nc1ccc(Br)cc1)c1ccc2ccccc2n1. The molecule has 0 unspecified atom stereocenters. The number of rotatable bonds is 6. The third-order valence-corrected chi connectivity index (χ3v) is 4.19. The molecule has 7 heteroatoms. The molecule has 0 fully saturated rings. The van der Waals surface area contributed by atoms with Crippen molar-refractivity contribution in [1.29, 1.82) is 0 Å². The predicted molar refractivity (Wildman–Crippen MR) is 108 cm³/mol. The summed E-state index contributed by atoms with van der Waals surface area (Å²) >= 11 is 3.36. The fourth-order valence-electron chi connectivity index (χ4n) is 2.36. The molecule has 1 N–H and O–H groups in total. The Morgan fingerprint density at radius 1 is 1.07 bits per heavy atom. The van der Waals surface area contributed by atoms with Gasteiger partial charge in [0.15, 0.2) is 5.71 Å². The first-order valence-electron chi connectivity index (χ1n) is 8.25. The van der Waals surface area contributed by atoms with Crippen LogP contribution in [0.1, 0.15) is 12.6 Å². The molecular weight excluding hydrogens is 410 g/mol. The lowest BCUT2D eigenvalue weighted by Gasteiger charge is -2.08. The Morgan fingerprint density at radius 3 is 2.56 bits per heavy atom. The average molecular weight is 426 g/mol. The van der Waals surface area contributed by atoms with Crippen LogP contribution in [0.25, 0.3) is 10.9 Å². The number of benzene rings is 2. The van der Waals surface area contributed by atoms with E-state index in [4.69, 9.17) is 4.74 Å². The zero-order valence-corrected chi connectivity index (χ0v) is 16.1. The molecule has 0 bridgehead atoms. The molecule has 2 aromatic carbocycles. The van der Waals surface area contributed by atoms with Gasteiger partial charge >= 0.3 is 5.97 Å². The van der Waals surface area contributed by atoms with Crippen molar-refractivity contribution < 1.29 is 14.3 Å². The van der Waals surface area contributed by atoms with Crippen molar-refractivity contribution in [2.45, 2.75) is 6.92 Å². The summed E-state index contributed by atoms with van der Waals surface area (Å²) in [6.45, 7) is 1.74. The Morgan fingerprint density at radius 2 is 1.81 bits per heavy atom. The monoisotopic (exact) mass is 425 g/mol.